The predicted octanol–water partition coefficient (Wildman–Crippen LogP) is 2.66. The molecule has 2 aromatic rings. The van der Waals surface area contributed by atoms with Crippen molar-refractivity contribution in [1.82, 2.24) is 4.98 Å². The summed E-state index contributed by atoms with van der Waals surface area (Å²) < 4.78 is 5.12. The summed E-state index contributed by atoms with van der Waals surface area (Å²) in [5, 5.41) is 0. The van der Waals surface area contributed by atoms with Crippen molar-refractivity contribution in [1.29, 1.82) is 0 Å². The number of carbonyl (C=O) groups is 1. The van der Waals surface area contributed by atoms with Gasteiger partial charge in [0.15, 0.2) is 6.39 Å². The van der Waals surface area contributed by atoms with Gasteiger partial charge in [-0.2, -0.15) is 0 Å². The fourth-order valence-corrected chi connectivity index (χ4v) is 1.84. The van der Waals surface area contributed by atoms with Crippen molar-refractivity contribution >= 4 is 11.6 Å². The molecule has 0 aliphatic heterocycles. The van der Waals surface area contributed by atoms with Gasteiger partial charge in [-0.25, -0.2) is 4.98 Å². The molecule has 0 bridgehead atoms. The molecule has 0 fully saturated rings. The number of rotatable bonds is 5. The number of hydrogen-bond acceptors (Lipinski definition) is 3. The van der Waals surface area contributed by atoms with E-state index in [0.717, 1.165) is 11.4 Å². The van der Waals surface area contributed by atoms with Crippen molar-refractivity contribution < 1.29 is 9.21 Å². The highest BCUT2D eigenvalue weighted by molar-refractivity contribution is 5.93. The molecule has 0 spiro atoms. The third-order valence-corrected chi connectivity index (χ3v) is 2.75. The maximum absolute atomic E-state index is 12.1. The highest BCUT2D eigenvalue weighted by Crippen LogP contribution is 2.15. The van der Waals surface area contributed by atoms with Crippen LogP contribution in [0.2, 0.25) is 0 Å². The first-order valence-corrected chi connectivity index (χ1v) is 6.04. The lowest BCUT2D eigenvalue weighted by molar-refractivity contribution is -0.118. The van der Waals surface area contributed by atoms with Crippen LogP contribution in [0.15, 0.2) is 47.3 Å². The number of para-hydroxylation sites is 1. The molecule has 0 aliphatic rings. The van der Waals surface area contributed by atoms with Crippen molar-refractivity contribution in [3.63, 3.8) is 0 Å². The number of hydrogen-bond donors (Lipinski definition) is 0. The van der Waals surface area contributed by atoms with Gasteiger partial charge >= 0.3 is 0 Å². The fourth-order valence-electron chi connectivity index (χ4n) is 1.84. The number of anilines is 1. The quantitative estimate of drug-likeness (QED) is 0.812. The second-order valence-corrected chi connectivity index (χ2v) is 3.94. The van der Waals surface area contributed by atoms with E-state index in [1.807, 2.05) is 37.3 Å². The largest absolute Gasteiger partial charge is 0.449 e. The van der Waals surface area contributed by atoms with Crippen molar-refractivity contribution in [3.8, 4) is 0 Å². The normalized spacial score (nSPS) is 10.3. The van der Waals surface area contributed by atoms with E-state index in [-0.39, 0.29) is 5.91 Å². The van der Waals surface area contributed by atoms with E-state index in [1.165, 1.54) is 6.39 Å². The first-order chi connectivity index (χ1) is 8.81. The lowest BCUT2D eigenvalue weighted by Gasteiger charge is -2.20. The average molecular weight is 244 g/mol. The van der Waals surface area contributed by atoms with E-state index in [1.54, 1.807) is 11.1 Å². The Morgan fingerprint density at radius 1 is 1.33 bits per heavy atom. The number of nitrogens with zero attached hydrogens (tertiary/aromatic N) is 2. The van der Waals surface area contributed by atoms with Crippen LogP contribution in [0.3, 0.4) is 0 Å². The van der Waals surface area contributed by atoms with E-state index in [4.69, 9.17) is 4.42 Å². The lowest BCUT2D eigenvalue weighted by Crippen LogP contribution is -2.30. The summed E-state index contributed by atoms with van der Waals surface area (Å²) in [7, 11) is 0. The molecule has 0 saturated carbocycles. The van der Waals surface area contributed by atoms with Gasteiger partial charge in [0, 0.05) is 25.1 Å². The third kappa shape index (κ3) is 2.97. The van der Waals surface area contributed by atoms with E-state index in [9.17, 15) is 4.79 Å². The molecule has 0 atom stereocenters. The molecular weight excluding hydrogens is 228 g/mol. The average Bonchev–Trinajstić information content (AvgIpc) is 2.92. The molecular formula is C14H16N2O2. The SMILES string of the molecule is CCN(C(=O)CCc1cnco1)c1ccccc1. The van der Waals surface area contributed by atoms with Gasteiger partial charge in [0.05, 0.1) is 6.20 Å². The molecule has 1 aromatic heterocycles. The van der Waals surface area contributed by atoms with Gasteiger partial charge in [-0.15, -0.1) is 0 Å². The van der Waals surface area contributed by atoms with Gasteiger partial charge in [-0.3, -0.25) is 4.79 Å². The van der Waals surface area contributed by atoms with Crippen LogP contribution in [0.5, 0.6) is 0 Å². The van der Waals surface area contributed by atoms with Crippen LogP contribution in [0.1, 0.15) is 19.1 Å². The van der Waals surface area contributed by atoms with E-state index >= 15 is 0 Å². The Kier molecular flexibility index (Phi) is 4.12. The fraction of sp³-hybridized carbons (Fsp3) is 0.286. The summed E-state index contributed by atoms with van der Waals surface area (Å²) in [5.41, 5.74) is 0.933. The Bertz CT molecular complexity index is 480. The van der Waals surface area contributed by atoms with Crippen LogP contribution in [0.25, 0.3) is 0 Å². The molecule has 1 heterocycles. The summed E-state index contributed by atoms with van der Waals surface area (Å²) in [4.78, 5) is 17.7. The predicted molar refractivity (Wildman–Crippen MR) is 69.3 cm³/mol. The van der Waals surface area contributed by atoms with Crippen LogP contribution in [0.4, 0.5) is 5.69 Å². The first-order valence-electron chi connectivity index (χ1n) is 6.04. The molecule has 94 valence electrons. The van der Waals surface area contributed by atoms with Crippen LogP contribution >= 0.6 is 0 Å². The number of carbonyl (C=O) groups excluding carboxylic acids is 1. The molecule has 0 radical (unpaired) electrons. The first kappa shape index (κ1) is 12.4. The molecule has 18 heavy (non-hydrogen) atoms. The smallest absolute Gasteiger partial charge is 0.227 e. The van der Waals surface area contributed by atoms with Crippen LogP contribution in [-0.4, -0.2) is 17.4 Å². The lowest BCUT2D eigenvalue weighted by atomic mass is 10.2. The minimum Gasteiger partial charge on any atom is -0.449 e. The Hall–Kier alpha value is -2.10. The van der Waals surface area contributed by atoms with Crippen molar-refractivity contribution in [2.75, 3.05) is 11.4 Å². The number of aromatic nitrogens is 1. The molecule has 4 heteroatoms. The van der Waals surface area contributed by atoms with Gasteiger partial charge in [0.2, 0.25) is 5.91 Å². The molecule has 4 nitrogen and oxygen atoms in total. The number of amides is 1. The Morgan fingerprint density at radius 3 is 2.72 bits per heavy atom. The second kappa shape index (κ2) is 6.00. The minimum atomic E-state index is 0.0973. The zero-order chi connectivity index (χ0) is 12.8. The highest BCUT2D eigenvalue weighted by atomic mass is 16.3. The third-order valence-electron chi connectivity index (χ3n) is 2.75. The molecule has 2 rings (SSSR count). The highest BCUT2D eigenvalue weighted by Gasteiger charge is 2.13. The maximum atomic E-state index is 12.1. The number of aryl methyl sites for hydroxylation is 1. The summed E-state index contributed by atoms with van der Waals surface area (Å²) in [6.07, 6.45) is 4.04. The zero-order valence-electron chi connectivity index (χ0n) is 10.4. The minimum absolute atomic E-state index is 0.0973. The standard InChI is InChI=1S/C14H16N2O2/c1-2-16(12-6-4-3-5-7-12)14(17)9-8-13-10-15-11-18-13/h3-7,10-11H,2,8-9H2,1H3. The van der Waals surface area contributed by atoms with Crippen molar-refractivity contribution in [2.45, 2.75) is 19.8 Å². The van der Waals surface area contributed by atoms with Crippen LogP contribution in [-0.2, 0) is 11.2 Å². The summed E-state index contributed by atoms with van der Waals surface area (Å²) >= 11 is 0. The number of benzene rings is 1. The summed E-state index contributed by atoms with van der Waals surface area (Å²) in [6.45, 7) is 2.64. The van der Waals surface area contributed by atoms with Gasteiger partial charge in [0.25, 0.3) is 0 Å². The molecule has 0 saturated heterocycles. The molecule has 0 unspecified atom stereocenters. The molecule has 0 N–H and O–H groups in total. The van der Waals surface area contributed by atoms with Crippen molar-refractivity contribution in [3.05, 3.63) is 48.7 Å². The van der Waals surface area contributed by atoms with Crippen molar-refractivity contribution in [2.24, 2.45) is 0 Å². The summed E-state index contributed by atoms with van der Waals surface area (Å²) in [6, 6.07) is 9.69. The zero-order valence-corrected chi connectivity index (χ0v) is 10.4. The van der Waals surface area contributed by atoms with Gasteiger partial charge in [-0.1, -0.05) is 18.2 Å². The topological polar surface area (TPSA) is 46.3 Å². The number of oxazole rings is 1. The van der Waals surface area contributed by atoms with E-state index < -0.39 is 0 Å². The summed E-state index contributed by atoms with van der Waals surface area (Å²) in [5.74, 6) is 0.840. The van der Waals surface area contributed by atoms with Gasteiger partial charge in [-0.05, 0) is 19.1 Å². The maximum Gasteiger partial charge on any atom is 0.227 e. The van der Waals surface area contributed by atoms with Gasteiger partial charge < -0.3 is 9.32 Å². The van der Waals surface area contributed by atoms with E-state index in [0.29, 0.717) is 19.4 Å². The van der Waals surface area contributed by atoms with E-state index in [2.05, 4.69) is 4.98 Å². The second-order valence-electron chi connectivity index (χ2n) is 3.94. The van der Waals surface area contributed by atoms with Crippen LogP contribution < -0.4 is 4.90 Å². The Morgan fingerprint density at radius 2 is 2.11 bits per heavy atom. The molecule has 0 aliphatic carbocycles. The van der Waals surface area contributed by atoms with Gasteiger partial charge in [0.1, 0.15) is 5.76 Å². The molecule has 1 amide bonds. The Labute approximate surface area is 106 Å². The monoisotopic (exact) mass is 244 g/mol. The Balaban J connectivity index is 1.98. The molecule has 1 aromatic carbocycles. The van der Waals surface area contributed by atoms with Crippen LogP contribution in [0, 0.1) is 0 Å².